The molecule has 0 aromatic carbocycles. The van der Waals surface area contributed by atoms with E-state index in [-0.39, 0.29) is 19.6 Å². The number of carbonyl (C=O) groups is 1. The summed E-state index contributed by atoms with van der Waals surface area (Å²) in [5.74, 6) is -0.416. The van der Waals surface area contributed by atoms with Crippen molar-refractivity contribution < 1.29 is 56.2 Å². The maximum atomic E-state index is 12.8. The number of aliphatic hydroxyl groups excluding tert-OH is 3. The Morgan fingerprint density at radius 2 is 1.19 bits per heavy atom. The Labute approximate surface area is 345 Å². The maximum absolute atomic E-state index is 12.8. The highest BCUT2D eigenvalue weighted by molar-refractivity contribution is 7.80. The number of rotatable bonds is 38. The first-order valence-electron chi connectivity index (χ1n) is 22.2. The SMILES string of the molecule is CCC/C=C\C/C=C\CCCCCCCC(=O)OC(COCCCCCCCC/C=C\CCCCCCCCC)COC1OC(CO)C(O)C(OS(=O)(=O)O)C1O. The predicted octanol–water partition coefficient (Wildman–Crippen LogP) is 9.02. The van der Waals surface area contributed by atoms with Crippen LogP contribution in [0, 0.1) is 0 Å². The standard InChI is InChI=1S/C44H80O12S/c1-3-5-7-9-11-13-15-17-18-19-20-22-24-26-28-30-32-34-52-36-38(37-53-44-42(48)43(56-57(49,50)51)41(47)39(35-45)55-44)54-40(46)33-31-29-27-25-23-21-16-14-12-10-8-6-4-2/h8,10,14,16,18-19,38-39,41-45,47-48H,3-7,9,11-13,15,17,20-37H2,1-2H3,(H,49,50,51)/b10-8-,16-14-,19-18-. The second-order valence-electron chi connectivity index (χ2n) is 15.3. The Balaban J connectivity index is 2.44. The number of hydrogen-bond donors (Lipinski definition) is 4. The lowest BCUT2D eigenvalue weighted by Gasteiger charge is -2.41. The Morgan fingerprint density at radius 3 is 1.75 bits per heavy atom. The molecule has 0 aromatic rings. The van der Waals surface area contributed by atoms with Crippen LogP contribution in [0.3, 0.4) is 0 Å². The van der Waals surface area contributed by atoms with Crippen molar-refractivity contribution in [1.82, 2.24) is 0 Å². The first kappa shape index (κ1) is 53.3. The average Bonchev–Trinajstić information content (AvgIpc) is 3.18. The Morgan fingerprint density at radius 1 is 0.667 bits per heavy atom. The molecule has 0 bridgehead atoms. The largest absolute Gasteiger partial charge is 0.457 e. The van der Waals surface area contributed by atoms with Crippen LogP contribution in [0.4, 0.5) is 0 Å². The summed E-state index contributed by atoms with van der Waals surface area (Å²) in [5, 5.41) is 30.6. The first-order chi connectivity index (χ1) is 27.6. The van der Waals surface area contributed by atoms with E-state index < -0.39 is 59.8 Å². The minimum atomic E-state index is -5.06. The molecule has 0 amide bonds. The molecule has 1 aliphatic rings. The molecule has 13 heteroatoms. The second-order valence-corrected chi connectivity index (χ2v) is 16.3. The van der Waals surface area contributed by atoms with Crippen LogP contribution in [0.2, 0.25) is 0 Å². The van der Waals surface area contributed by atoms with Gasteiger partial charge in [0.25, 0.3) is 0 Å². The van der Waals surface area contributed by atoms with Crippen molar-refractivity contribution >= 4 is 16.4 Å². The van der Waals surface area contributed by atoms with E-state index in [0.29, 0.717) is 13.0 Å². The molecule has 0 aromatic heterocycles. The molecular weight excluding hydrogens is 753 g/mol. The highest BCUT2D eigenvalue weighted by Crippen LogP contribution is 2.26. The minimum Gasteiger partial charge on any atom is -0.457 e. The van der Waals surface area contributed by atoms with Crippen LogP contribution in [0.15, 0.2) is 36.5 Å². The highest BCUT2D eigenvalue weighted by Gasteiger charge is 2.48. The second kappa shape index (κ2) is 36.2. The lowest BCUT2D eigenvalue weighted by Crippen LogP contribution is -2.60. The van der Waals surface area contributed by atoms with Gasteiger partial charge in [-0.15, -0.1) is 0 Å². The fourth-order valence-corrected chi connectivity index (χ4v) is 7.09. The summed E-state index contributed by atoms with van der Waals surface area (Å²) in [6.45, 7) is 3.88. The summed E-state index contributed by atoms with van der Waals surface area (Å²) in [6, 6.07) is 0. The maximum Gasteiger partial charge on any atom is 0.397 e. The van der Waals surface area contributed by atoms with Crippen LogP contribution in [0.5, 0.6) is 0 Å². The topological polar surface area (TPSA) is 178 Å². The molecule has 0 saturated carbocycles. The Bertz CT molecular complexity index is 1140. The fourth-order valence-electron chi connectivity index (χ4n) is 6.59. The summed E-state index contributed by atoms with van der Waals surface area (Å²) in [5.41, 5.74) is 0. The molecule has 1 fully saturated rings. The molecule has 0 aliphatic carbocycles. The zero-order valence-corrected chi connectivity index (χ0v) is 36.2. The number of hydrogen-bond acceptors (Lipinski definition) is 11. The van der Waals surface area contributed by atoms with Crippen LogP contribution < -0.4 is 0 Å². The normalized spacial score (nSPS) is 21.0. The molecule has 6 atom stereocenters. The molecule has 1 saturated heterocycles. The number of ether oxygens (including phenoxy) is 4. The van der Waals surface area contributed by atoms with Crippen molar-refractivity contribution in [2.45, 2.75) is 211 Å². The van der Waals surface area contributed by atoms with Crippen LogP contribution in [-0.2, 0) is 38.3 Å². The lowest BCUT2D eigenvalue weighted by atomic mass is 9.99. The summed E-state index contributed by atoms with van der Waals surface area (Å²) >= 11 is 0. The molecule has 1 heterocycles. The van der Waals surface area contributed by atoms with Gasteiger partial charge in [0.2, 0.25) is 0 Å². The van der Waals surface area contributed by atoms with E-state index in [9.17, 15) is 28.5 Å². The predicted molar refractivity (Wildman–Crippen MR) is 225 cm³/mol. The first-order valence-corrected chi connectivity index (χ1v) is 23.6. The number of unbranched alkanes of at least 4 members (excludes halogenated alkanes) is 19. The van der Waals surface area contributed by atoms with Crippen molar-refractivity contribution in [1.29, 1.82) is 0 Å². The monoisotopic (exact) mass is 833 g/mol. The van der Waals surface area contributed by atoms with Gasteiger partial charge < -0.3 is 34.3 Å². The van der Waals surface area contributed by atoms with E-state index in [2.05, 4.69) is 54.5 Å². The van der Waals surface area contributed by atoms with Gasteiger partial charge in [-0.05, 0) is 64.2 Å². The van der Waals surface area contributed by atoms with Gasteiger partial charge in [-0.25, -0.2) is 4.18 Å². The van der Waals surface area contributed by atoms with Crippen molar-refractivity contribution in [2.24, 2.45) is 0 Å². The van der Waals surface area contributed by atoms with Gasteiger partial charge in [-0.3, -0.25) is 9.35 Å². The van der Waals surface area contributed by atoms with Crippen molar-refractivity contribution in [3.63, 3.8) is 0 Å². The van der Waals surface area contributed by atoms with Crippen molar-refractivity contribution in [3.05, 3.63) is 36.5 Å². The van der Waals surface area contributed by atoms with Gasteiger partial charge in [-0.2, -0.15) is 8.42 Å². The Kier molecular flexibility index (Phi) is 33.9. The van der Waals surface area contributed by atoms with Gasteiger partial charge in [-0.1, -0.05) is 140 Å². The van der Waals surface area contributed by atoms with E-state index in [4.69, 9.17) is 23.5 Å². The Hall–Kier alpha value is -1.68. The van der Waals surface area contributed by atoms with Gasteiger partial charge in [0.1, 0.15) is 30.5 Å². The van der Waals surface area contributed by atoms with Gasteiger partial charge in [0, 0.05) is 13.0 Å². The smallest absolute Gasteiger partial charge is 0.397 e. The zero-order chi connectivity index (χ0) is 41.8. The zero-order valence-electron chi connectivity index (χ0n) is 35.4. The third-order valence-electron chi connectivity index (χ3n) is 9.97. The summed E-state index contributed by atoms with van der Waals surface area (Å²) in [6.07, 6.45) is 31.8. The summed E-state index contributed by atoms with van der Waals surface area (Å²) in [7, 11) is -5.06. The minimum absolute atomic E-state index is 0.0264. The summed E-state index contributed by atoms with van der Waals surface area (Å²) < 4.78 is 59.0. The van der Waals surface area contributed by atoms with E-state index in [1.165, 1.54) is 77.0 Å². The molecule has 12 nitrogen and oxygen atoms in total. The third-order valence-corrected chi connectivity index (χ3v) is 10.4. The average molecular weight is 833 g/mol. The van der Waals surface area contributed by atoms with Gasteiger partial charge in [0.15, 0.2) is 6.29 Å². The van der Waals surface area contributed by atoms with Gasteiger partial charge >= 0.3 is 16.4 Å². The highest BCUT2D eigenvalue weighted by atomic mass is 32.3. The number of esters is 1. The molecule has 1 aliphatic heterocycles. The third kappa shape index (κ3) is 30.1. The molecule has 57 heavy (non-hydrogen) atoms. The van der Waals surface area contributed by atoms with E-state index in [1.807, 2.05) is 0 Å². The molecule has 334 valence electrons. The number of allylic oxidation sites excluding steroid dienone is 6. The van der Waals surface area contributed by atoms with Crippen LogP contribution in [0.25, 0.3) is 0 Å². The molecule has 4 N–H and O–H groups in total. The summed E-state index contributed by atoms with van der Waals surface area (Å²) in [4.78, 5) is 12.8. The molecule has 0 spiro atoms. The molecule has 0 radical (unpaired) electrons. The number of aliphatic hydroxyl groups is 3. The van der Waals surface area contributed by atoms with Crippen molar-refractivity contribution in [3.8, 4) is 0 Å². The van der Waals surface area contributed by atoms with Gasteiger partial charge in [0.05, 0.1) is 19.8 Å². The molecule has 6 unspecified atom stereocenters. The molecular formula is C44H80O12S. The lowest BCUT2D eigenvalue weighted by molar-refractivity contribution is -0.301. The quantitative estimate of drug-likeness (QED) is 0.0201. The van der Waals surface area contributed by atoms with Crippen LogP contribution in [0.1, 0.15) is 174 Å². The van der Waals surface area contributed by atoms with Crippen LogP contribution >= 0.6 is 0 Å². The molecule has 1 rings (SSSR count). The van der Waals surface area contributed by atoms with E-state index in [0.717, 1.165) is 70.6 Å². The fraction of sp³-hybridized carbons (Fsp3) is 0.841. The number of carbonyl (C=O) groups excluding carboxylic acids is 1. The van der Waals surface area contributed by atoms with E-state index >= 15 is 0 Å². The van der Waals surface area contributed by atoms with Crippen LogP contribution in [-0.4, -0.2) is 97.5 Å². The van der Waals surface area contributed by atoms with Crippen molar-refractivity contribution in [2.75, 3.05) is 26.4 Å². The van der Waals surface area contributed by atoms with E-state index in [1.54, 1.807) is 0 Å².